The highest BCUT2D eigenvalue weighted by atomic mass is 35.5. The summed E-state index contributed by atoms with van der Waals surface area (Å²) in [6.07, 6.45) is 7.37. The van der Waals surface area contributed by atoms with E-state index in [1.54, 1.807) is 36.4 Å². The molecule has 0 fully saturated rings. The van der Waals surface area contributed by atoms with Crippen molar-refractivity contribution in [2.24, 2.45) is 0 Å². The third-order valence-electron chi connectivity index (χ3n) is 6.62. The van der Waals surface area contributed by atoms with Gasteiger partial charge in [-0.2, -0.15) is 0 Å². The highest BCUT2D eigenvalue weighted by Crippen LogP contribution is 2.46. The van der Waals surface area contributed by atoms with Crippen LogP contribution < -0.4 is 0 Å². The van der Waals surface area contributed by atoms with E-state index in [2.05, 4.69) is 0 Å². The number of halogens is 2. The maximum absolute atomic E-state index is 14.2. The largest absolute Gasteiger partial charge is 0.222 e. The van der Waals surface area contributed by atoms with E-state index in [-0.39, 0.29) is 21.1 Å². The van der Waals surface area contributed by atoms with Gasteiger partial charge >= 0.3 is 0 Å². The predicted molar refractivity (Wildman–Crippen MR) is 152 cm³/mol. The van der Waals surface area contributed by atoms with Crippen molar-refractivity contribution in [3.05, 3.63) is 137 Å². The summed E-state index contributed by atoms with van der Waals surface area (Å²) in [7, 11) is -7.64. The van der Waals surface area contributed by atoms with E-state index in [9.17, 15) is 16.8 Å². The fraction of sp³-hybridized carbons (Fsp3) is 0.0667. The van der Waals surface area contributed by atoms with Crippen LogP contribution in [0.15, 0.2) is 136 Å². The predicted octanol–water partition coefficient (Wildman–Crippen LogP) is 7.68. The standard InChI is InChI=1S/C30H22Cl2O4S2/c31-23-10-16-26(17-11-23)37(33,34)25-14-8-22(9-15-25)28-6-2-3-7-29(28)30(20-4-1-5-21-30)38(35,36)27-18-12-24(32)13-19-27/h1-20H,21H2. The Labute approximate surface area is 232 Å². The molecule has 1 aliphatic carbocycles. The zero-order valence-corrected chi connectivity index (χ0v) is 23.1. The van der Waals surface area contributed by atoms with Crippen LogP contribution in [-0.2, 0) is 24.4 Å². The first-order chi connectivity index (χ1) is 18.1. The Hall–Kier alpha value is -3.16. The van der Waals surface area contributed by atoms with Crippen LogP contribution in [0.1, 0.15) is 12.0 Å². The van der Waals surface area contributed by atoms with Gasteiger partial charge in [0.2, 0.25) is 9.84 Å². The second-order valence-electron chi connectivity index (χ2n) is 8.87. The molecule has 4 aromatic rings. The normalized spacial score (nSPS) is 17.4. The molecule has 0 heterocycles. The highest BCUT2D eigenvalue weighted by Gasteiger charge is 2.45. The second kappa shape index (κ2) is 10.2. The van der Waals surface area contributed by atoms with Crippen LogP contribution in [0.5, 0.6) is 0 Å². The number of rotatable bonds is 6. The maximum atomic E-state index is 14.2. The van der Waals surface area contributed by atoms with Crippen LogP contribution in [0, 0.1) is 0 Å². The number of sulfone groups is 2. The molecule has 5 rings (SSSR count). The smallest absolute Gasteiger partial charge is 0.206 e. The summed E-state index contributed by atoms with van der Waals surface area (Å²) >= 11 is 11.9. The molecule has 4 aromatic carbocycles. The molecular formula is C30H22Cl2O4S2. The van der Waals surface area contributed by atoms with E-state index in [0.717, 1.165) is 0 Å². The van der Waals surface area contributed by atoms with Crippen molar-refractivity contribution in [3.63, 3.8) is 0 Å². The molecule has 1 aliphatic rings. The van der Waals surface area contributed by atoms with Crippen molar-refractivity contribution in [1.82, 2.24) is 0 Å². The van der Waals surface area contributed by atoms with Crippen LogP contribution in [-0.4, -0.2) is 16.8 Å². The van der Waals surface area contributed by atoms with Crippen molar-refractivity contribution in [2.75, 3.05) is 0 Å². The van der Waals surface area contributed by atoms with Gasteiger partial charge in [-0.1, -0.05) is 83.9 Å². The Kier molecular flexibility index (Phi) is 7.09. The van der Waals surface area contributed by atoms with E-state index in [4.69, 9.17) is 23.2 Å². The van der Waals surface area contributed by atoms with Crippen molar-refractivity contribution >= 4 is 42.9 Å². The highest BCUT2D eigenvalue weighted by molar-refractivity contribution is 7.92. The molecule has 0 aromatic heterocycles. The van der Waals surface area contributed by atoms with Crippen molar-refractivity contribution in [1.29, 1.82) is 0 Å². The zero-order valence-electron chi connectivity index (χ0n) is 20.0. The fourth-order valence-corrected chi connectivity index (χ4v) is 8.10. The van der Waals surface area contributed by atoms with Gasteiger partial charge in [0.05, 0.1) is 14.7 Å². The van der Waals surface area contributed by atoms with Gasteiger partial charge in [0.25, 0.3) is 0 Å². The van der Waals surface area contributed by atoms with Gasteiger partial charge in [0.1, 0.15) is 4.75 Å². The Bertz CT molecular complexity index is 1760. The van der Waals surface area contributed by atoms with E-state index < -0.39 is 24.4 Å². The molecule has 4 nitrogen and oxygen atoms in total. The summed E-state index contributed by atoms with van der Waals surface area (Å²) in [6, 6.07) is 25.9. The van der Waals surface area contributed by atoms with E-state index >= 15 is 0 Å². The molecule has 1 atom stereocenters. The van der Waals surface area contributed by atoms with Gasteiger partial charge in [-0.3, -0.25) is 0 Å². The molecular weight excluding hydrogens is 559 g/mol. The molecule has 0 spiro atoms. The lowest BCUT2D eigenvalue weighted by Crippen LogP contribution is -2.35. The molecule has 0 bridgehead atoms. The molecule has 0 saturated heterocycles. The average molecular weight is 582 g/mol. The topological polar surface area (TPSA) is 68.3 Å². The lowest BCUT2D eigenvalue weighted by atomic mass is 9.86. The molecule has 0 N–H and O–H groups in total. The van der Waals surface area contributed by atoms with E-state index in [1.165, 1.54) is 48.5 Å². The first-order valence-corrected chi connectivity index (χ1v) is 15.4. The lowest BCUT2D eigenvalue weighted by Gasteiger charge is -2.33. The summed E-state index contributed by atoms with van der Waals surface area (Å²) in [4.78, 5) is 0.438. The number of hydrogen-bond donors (Lipinski definition) is 0. The Morgan fingerprint density at radius 1 is 0.605 bits per heavy atom. The first-order valence-electron chi connectivity index (χ1n) is 11.7. The van der Waals surface area contributed by atoms with Gasteiger partial charge < -0.3 is 0 Å². The minimum absolute atomic E-state index is 0.130. The summed E-state index contributed by atoms with van der Waals surface area (Å²) < 4.78 is 53.2. The molecule has 1 unspecified atom stereocenters. The number of hydrogen-bond acceptors (Lipinski definition) is 4. The van der Waals surface area contributed by atoms with Gasteiger partial charge in [-0.05, 0) is 83.8 Å². The lowest BCUT2D eigenvalue weighted by molar-refractivity contribution is 0.558. The van der Waals surface area contributed by atoms with E-state index in [1.807, 2.05) is 36.4 Å². The fourth-order valence-electron chi connectivity index (χ4n) is 4.64. The maximum Gasteiger partial charge on any atom is 0.206 e. The SMILES string of the molecule is O=S(=O)(c1ccc(Cl)cc1)c1ccc(-c2ccccc2C2(S(=O)(=O)c3ccc(Cl)cc3)C=CC=CC2)cc1. The van der Waals surface area contributed by atoms with Crippen LogP contribution in [0.3, 0.4) is 0 Å². The number of benzene rings is 4. The van der Waals surface area contributed by atoms with Crippen LogP contribution in [0.2, 0.25) is 10.0 Å². The van der Waals surface area contributed by atoms with Crippen LogP contribution in [0.4, 0.5) is 0 Å². The third-order valence-corrected chi connectivity index (χ3v) is 11.3. The molecule has 8 heteroatoms. The van der Waals surface area contributed by atoms with Gasteiger partial charge in [0.15, 0.2) is 9.84 Å². The van der Waals surface area contributed by atoms with Crippen LogP contribution >= 0.6 is 23.2 Å². The Morgan fingerprint density at radius 2 is 1.13 bits per heavy atom. The molecule has 0 aliphatic heterocycles. The molecule has 192 valence electrons. The van der Waals surface area contributed by atoms with Crippen molar-refractivity contribution in [3.8, 4) is 11.1 Å². The minimum Gasteiger partial charge on any atom is -0.222 e. The van der Waals surface area contributed by atoms with Gasteiger partial charge in [-0.25, -0.2) is 16.8 Å². The summed E-state index contributed by atoms with van der Waals surface area (Å²) in [5.41, 5.74) is 1.99. The minimum atomic E-state index is -3.90. The summed E-state index contributed by atoms with van der Waals surface area (Å²) in [5.74, 6) is 0. The Balaban J connectivity index is 1.61. The van der Waals surface area contributed by atoms with Gasteiger partial charge in [-0.15, -0.1) is 0 Å². The number of allylic oxidation sites excluding steroid dienone is 3. The molecule has 0 amide bonds. The molecule has 38 heavy (non-hydrogen) atoms. The quantitative estimate of drug-likeness (QED) is 0.234. The van der Waals surface area contributed by atoms with Crippen molar-refractivity contribution < 1.29 is 16.8 Å². The second-order valence-corrected chi connectivity index (χ2v) is 13.9. The van der Waals surface area contributed by atoms with Crippen LogP contribution in [0.25, 0.3) is 11.1 Å². The average Bonchev–Trinajstić information content (AvgIpc) is 2.94. The van der Waals surface area contributed by atoms with Gasteiger partial charge in [0, 0.05) is 10.0 Å². The molecule has 0 radical (unpaired) electrons. The zero-order chi connectivity index (χ0) is 27.0. The summed E-state index contributed by atoms with van der Waals surface area (Å²) in [5, 5.41) is 0.899. The van der Waals surface area contributed by atoms with E-state index in [0.29, 0.717) is 26.7 Å². The third kappa shape index (κ3) is 4.63. The van der Waals surface area contributed by atoms with Crippen molar-refractivity contribution in [2.45, 2.75) is 25.9 Å². The molecule has 0 saturated carbocycles. The Morgan fingerprint density at radius 3 is 1.68 bits per heavy atom. The summed E-state index contributed by atoms with van der Waals surface area (Å²) in [6.45, 7) is 0. The first kappa shape index (κ1) is 26.4. The monoisotopic (exact) mass is 580 g/mol.